The molecule has 1 aliphatic carbocycles. The first-order valence-electron chi connectivity index (χ1n) is 11.7. The Balaban J connectivity index is 1.60. The summed E-state index contributed by atoms with van der Waals surface area (Å²) in [5.41, 5.74) is -1.64. The first-order valence-corrected chi connectivity index (χ1v) is 12.9. The maximum Gasteiger partial charge on any atom is 0.416 e. The average molecular weight is 614 g/mol. The first-order chi connectivity index (χ1) is 17.9. The first kappa shape index (κ1) is 26.6. The summed E-state index contributed by atoms with van der Waals surface area (Å²) in [6.07, 6.45) is -3.24. The van der Waals surface area contributed by atoms with Crippen molar-refractivity contribution in [3.63, 3.8) is 0 Å². The lowest BCUT2D eigenvalue weighted by Crippen LogP contribution is -2.38. The fourth-order valence-corrected chi connectivity index (χ4v) is 6.05. The standard InChI is InChI=1S/C27H19BrClF5N2O2/c28-15-10-19-22(23(36-24(19)37)18-12-16(30)3-4-20(18)29)21(11-15)35-25(38)26(5-1-2-6-26)13-7-14(27(32,33)34)9-17(31)8-13/h3-4,7-12,23H,1-2,5-6H2,(H,35,38)(H,36,37)/t23-/m0/s1. The second-order valence-corrected chi connectivity index (χ2v) is 10.8. The van der Waals surface area contributed by atoms with E-state index in [4.69, 9.17) is 11.6 Å². The molecule has 2 N–H and O–H groups in total. The summed E-state index contributed by atoms with van der Waals surface area (Å²) >= 11 is 9.64. The van der Waals surface area contributed by atoms with Gasteiger partial charge in [0.15, 0.2) is 0 Å². The second-order valence-electron chi connectivity index (χ2n) is 9.46. The van der Waals surface area contributed by atoms with Crippen molar-refractivity contribution in [1.82, 2.24) is 5.32 Å². The van der Waals surface area contributed by atoms with Crippen molar-refractivity contribution >= 4 is 45.0 Å². The zero-order chi connectivity index (χ0) is 27.4. The van der Waals surface area contributed by atoms with Crippen LogP contribution < -0.4 is 10.6 Å². The van der Waals surface area contributed by atoms with Crippen molar-refractivity contribution in [1.29, 1.82) is 0 Å². The van der Waals surface area contributed by atoms with E-state index in [1.54, 1.807) is 12.1 Å². The van der Waals surface area contributed by atoms with E-state index in [2.05, 4.69) is 26.6 Å². The number of anilines is 1. The number of halogens is 7. The van der Waals surface area contributed by atoms with Gasteiger partial charge in [-0.2, -0.15) is 13.2 Å². The van der Waals surface area contributed by atoms with Crippen LogP contribution >= 0.6 is 27.5 Å². The van der Waals surface area contributed by atoms with Crippen molar-refractivity contribution in [2.24, 2.45) is 0 Å². The van der Waals surface area contributed by atoms with E-state index < -0.39 is 46.6 Å². The maximum absolute atomic E-state index is 14.3. The van der Waals surface area contributed by atoms with E-state index in [-0.39, 0.29) is 40.2 Å². The van der Waals surface area contributed by atoms with Crippen LogP contribution in [0.4, 0.5) is 27.6 Å². The summed E-state index contributed by atoms with van der Waals surface area (Å²) in [7, 11) is 0. The average Bonchev–Trinajstić information content (AvgIpc) is 3.46. The van der Waals surface area contributed by atoms with E-state index in [1.165, 1.54) is 18.2 Å². The van der Waals surface area contributed by atoms with Gasteiger partial charge in [-0.25, -0.2) is 8.78 Å². The quantitative estimate of drug-likeness (QED) is 0.297. The molecule has 11 heteroatoms. The molecule has 3 aromatic rings. The van der Waals surface area contributed by atoms with E-state index in [0.29, 0.717) is 28.9 Å². The van der Waals surface area contributed by atoms with Crippen LogP contribution in [0.3, 0.4) is 0 Å². The molecule has 1 heterocycles. The largest absolute Gasteiger partial charge is 0.416 e. The number of nitrogens with one attached hydrogen (secondary N) is 2. The summed E-state index contributed by atoms with van der Waals surface area (Å²) in [4.78, 5) is 26.7. The number of fused-ring (bicyclic) bond motifs is 1. The number of amides is 2. The van der Waals surface area contributed by atoms with Gasteiger partial charge < -0.3 is 10.6 Å². The van der Waals surface area contributed by atoms with Gasteiger partial charge in [-0.1, -0.05) is 40.4 Å². The van der Waals surface area contributed by atoms with Crippen LogP contribution in [0.15, 0.2) is 53.0 Å². The number of hydrogen-bond donors (Lipinski definition) is 2. The van der Waals surface area contributed by atoms with Crippen LogP contribution in [-0.4, -0.2) is 11.8 Å². The Kier molecular flexibility index (Phi) is 6.76. The summed E-state index contributed by atoms with van der Waals surface area (Å²) in [5.74, 6) is -2.77. The number of benzene rings is 3. The Morgan fingerprint density at radius 2 is 1.74 bits per heavy atom. The highest BCUT2D eigenvalue weighted by atomic mass is 79.9. The number of alkyl halides is 3. The predicted octanol–water partition coefficient (Wildman–Crippen LogP) is 7.68. The third-order valence-corrected chi connectivity index (χ3v) is 7.94. The minimum Gasteiger partial charge on any atom is -0.341 e. The Morgan fingerprint density at radius 3 is 2.42 bits per heavy atom. The SMILES string of the molecule is O=C1N[C@@H](c2cc(F)ccc2Cl)c2c(NC(=O)C3(c4cc(F)cc(C(F)(F)F)c4)CCCC3)cc(Br)cc21. The van der Waals surface area contributed by atoms with Crippen LogP contribution in [0.1, 0.15) is 64.3 Å². The zero-order valence-electron chi connectivity index (χ0n) is 19.5. The molecule has 1 saturated carbocycles. The summed E-state index contributed by atoms with van der Waals surface area (Å²) in [6, 6.07) is 8.08. The number of rotatable bonds is 4. The van der Waals surface area contributed by atoms with Gasteiger partial charge in [0.1, 0.15) is 11.6 Å². The highest BCUT2D eigenvalue weighted by Gasteiger charge is 2.45. The lowest BCUT2D eigenvalue weighted by molar-refractivity contribution is -0.138. The third-order valence-electron chi connectivity index (χ3n) is 7.14. The second kappa shape index (κ2) is 9.64. The predicted molar refractivity (Wildman–Crippen MR) is 135 cm³/mol. The van der Waals surface area contributed by atoms with E-state index >= 15 is 0 Å². The molecule has 3 aromatic carbocycles. The maximum atomic E-state index is 14.3. The smallest absolute Gasteiger partial charge is 0.341 e. The fraction of sp³-hybridized carbons (Fsp3) is 0.259. The zero-order valence-corrected chi connectivity index (χ0v) is 21.8. The molecule has 1 atom stereocenters. The molecular formula is C27H19BrClF5N2O2. The van der Waals surface area contributed by atoms with Gasteiger partial charge in [-0.05, 0) is 66.9 Å². The van der Waals surface area contributed by atoms with Crippen LogP contribution in [-0.2, 0) is 16.4 Å². The van der Waals surface area contributed by atoms with Crippen molar-refractivity contribution in [3.05, 3.63) is 97.5 Å². The summed E-state index contributed by atoms with van der Waals surface area (Å²) in [6.45, 7) is 0. The molecule has 0 saturated heterocycles. The molecule has 1 fully saturated rings. The Morgan fingerprint density at radius 1 is 1.03 bits per heavy atom. The third kappa shape index (κ3) is 4.68. The van der Waals surface area contributed by atoms with Gasteiger partial charge in [-0.15, -0.1) is 0 Å². The Hall–Kier alpha value is -2.98. The highest BCUT2D eigenvalue weighted by Crippen LogP contribution is 2.46. The molecule has 1 aliphatic heterocycles. The van der Waals surface area contributed by atoms with Crippen LogP contribution in [0.25, 0.3) is 0 Å². The molecule has 4 nitrogen and oxygen atoms in total. The molecule has 198 valence electrons. The van der Waals surface area contributed by atoms with E-state index in [0.717, 1.165) is 12.1 Å². The Labute approximate surface area is 227 Å². The molecule has 2 amide bonds. The topological polar surface area (TPSA) is 58.2 Å². The van der Waals surface area contributed by atoms with Crippen molar-refractivity contribution < 1.29 is 31.5 Å². The van der Waals surface area contributed by atoms with Crippen LogP contribution in [0.5, 0.6) is 0 Å². The fourth-order valence-electron chi connectivity index (χ4n) is 5.37. The van der Waals surface area contributed by atoms with Crippen LogP contribution in [0.2, 0.25) is 5.02 Å². The molecule has 2 aliphatic rings. The monoisotopic (exact) mass is 612 g/mol. The molecule has 0 spiro atoms. The van der Waals surface area contributed by atoms with Gasteiger partial charge >= 0.3 is 6.18 Å². The van der Waals surface area contributed by atoms with Gasteiger partial charge in [0, 0.05) is 31.9 Å². The normalized spacial score (nSPS) is 18.3. The van der Waals surface area contributed by atoms with Gasteiger partial charge in [0.05, 0.1) is 17.0 Å². The molecule has 38 heavy (non-hydrogen) atoms. The molecule has 0 unspecified atom stereocenters. The van der Waals surface area contributed by atoms with Crippen LogP contribution in [0, 0.1) is 11.6 Å². The van der Waals surface area contributed by atoms with Crippen molar-refractivity contribution in [2.45, 2.75) is 43.3 Å². The summed E-state index contributed by atoms with van der Waals surface area (Å²) in [5, 5.41) is 5.74. The molecular weight excluding hydrogens is 595 g/mol. The number of hydrogen-bond acceptors (Lipinski definition) is 2. The minimum absolute atomic E-state index is 0.0645. The van der Waals surface area contributed by atoms with Crippen molar-refractivity contribution in [2.75, 3.05) is 5.32 Å². The number of carbonyl (C=O) groups excluding carboxylic acids is 2. The van der Waals surface area contributed by atoms with E-state index in [9.17, 15) is 31.5 Å². The lowest BCUT2D eigenvalue weighted by atomic mass is 9.77. The minimum atomic E-state index is -4.79. The number of carbonyl (C=O) groups is 2. The Bertz CT molecular complexity index is 1470. The van der Waals surface area contributed by atoms with Crippen molar-refractivity contribution in [3.8, 4) is 0 Å². The molecule has 0 radical (unpaired) electrons. The van der Waals surface area contributed by atoms with Gasteiger partial charge in [0.25, 0.3) is 5.91 Å². The van der Waals surface area contributed by atoms with E-state index in [1.807, 2.05) is 0 Å². The van der Waals surface area contributed by atoms with Gasteiger partial charge in [0.2, 0.25) is 5.91 Å². The molecule has 0 bridgehead atoms. The lowest BCUT2D eigenvalue weighted by Gasteiger charge is -2.30. The molecule has 5 rings (SSSR count). The summed E-state index contributed by atoms with van der Waals surface area (Å²) < 4.78 is 69.2. The highest BCUT2D eigenvalue weighted by molar-refractivity contribution is 9.10. The molecule has 0 aromatic heterocycles. The van der Waals surface area contributed by atoms with Gasteiger partial charge in [-0.3, -0.25) is 9.59 Å².